The summed E-state index contributed by atoms with van der Waals surface area (Å²) in [6.07, 6.45) is 0. The average Bonchev–Trinajstić information content (AvgIpc) is 2.55. The maximum Gasteiger partial charge on any atom is 0.122 e. The zero-order valence-corrected chi connectivity index (χ0v) is 12.9. The van der Waals surface area contributed by atoms with Crippen LogP contribution in [0.1, 0.15) is 5.56 Å². The van der Waals surface area contributed by atoms with E-state index in [0.717, 1.165) is 11.4 Å². The molecule has 0 aliphatic carbocycles. The first-order valence-corrected chi connectivity index (χ1v) is 7.53. The zero-order valence-electron chi connectivity index (χ0n) is 12.9. The lowest BCUT2D eigenvalue weighted by Crippen LogP contribution is -2.30. The van der Waals surface area contributed by atoms with Gasteiger partial charge in [0.2, 0.25) is 0 Å². The molecule has 0 aromatic heterocycles. The summed E-state index contributed by atoms with van der Waals surface area (Å²) >= 11 is 0. The number of aromatic hydroxyl groups is 1. The van der Waals surface area contributed by atoms with E-state index in [-0.39, 0.29) is 19.0 Å². The average molecular weight is 317 g/mol. The molecule has 6 N–H and O–H groups in total. The number of anilines is 3. The molecule has 6 nitrogen and oxygen atoms in total. The minimum atomic E-state index is 0.000750. The van der Waals surface area contributed by atoms with Gasteiger partial charge < -0.3 is 31.3 Å². The first-order chi connectivity index (χ1) is 11.2. The highest BCUT2D eigenvalue weighted by Crippen LogP contribution is 2.28. The highest BCUT2D eigenvalue weighted by atomic mass is 16.3. The summed E-state index contributed by atoms with van der Waals surface area (Å²) in [5.41, 5.74) is 8.79. The Balaban J connectivity index is 2.20. The predicted molar refractivity (Wildman–Crippen MR) is 92.7 cm³/mol. The minimum absolute atomic E-state index is 0.000750. The Morgan fingerprint density at radius 3 is 2.30 bits per heavy atom. The largest absolute Gasteiger partial charge is 0.508 e. The van der Waals surface area contributed by atoms with Crippen LogP contribution in [0.4, 0.5) is 17.1 Å². The van der Waals surface area contributed by atoms with Crippen LogP contribution < -0.4 is 16.0 Å². The van der Waals surface area contributed by atoms with Crippen LogP contribution in [0.25, 0.3) is 0 Å². The molecule has 6 heteroatoms. The summed E-state index contributed by atoms with van der Waals surface area (Å²) < 4.78 is 0. The third-order valence-corrected chi connectivity index (χ3v) is 3.63. The monoisotopic (exact) mass is 317 g/mol. The first-order valence-electron chi connectivity index (χ1n) is 7.53. The van der Waals surface area contributed by atoms with Crippen LogP contribution in [0, 0.1) is 0 Å². The van der Waals surface area contributed by atoms with Crippen LogP contribution in [0.15, 0.2) is 42.5 Å². The third-order valence-electron chi connectivity index (χ3n) is 3.63. The van der Waals surface area contributed by atoms with Crippen LogP contribution in [-0.2, 0) is 6.54 Å². The number of rotatable bonds is 8. The van der Waals surface area contributed by atoms with Crippen molar-refractivity contribution in [2.24, 2.45) is 0 Å². The highest BCUT2D eigenvalue weighted by molar-refractivity contribution is 5.70. The number of phenols is 1. The van der Waals surface area contributed by atoms with Crippen molar-refractivity contribution < 1.29 is 15.3 Å². The smallest absolute Gasteiger partial charge is 0.122 e. The number of hydrogen-bond acceptors (Lipinski definition) is 6. The Labute approximate surface area is 135 Å². The van der Waals surface area contributed by atoms with E-state index < -0.39 is 0 Å². The summed E-state index contributed by atoms with van der Waals surface area (Å²) in [6.45, 7) is 1.24. The molecule has 0 atom stereocenters. The summed E-state index contributed by atoms with van der Waals surface area (Å²) in [6, 6.07) is 12.7. The number of aliphatic hydroxyl groups is 2. The van der Waals surface area contributed by atoms with E-state index in [9.17, 15) is 15.3 Å². The molecular weight excluding hydrogens is 294 g/mol. The molecule has 0 saturated carbocycles. The lowest BCUT2D eigenvalue weighted by Gasteiger charge is -2.26. The Kier molecular flexibility index (Phi) is 6.08. The topological polar surface area (TPSA) is 102 Å². The van der Waals surface area contributed by atoms with E-state index in [2.05, 4.69) is 5.32 Å². The zero-order chi connectivity index (χ0) is 16.7. The van der Waals surface area contributed by atoms with Crippen LogP contribution in [-0.4, -0.2) is 41.6 Å². The molecule has 124 valence electrons. The standard InChI is InChI=1S/C17H23N3O3/c18-14-4-3-7-17(23)13(14)12-19-15-5-1-2-6-16(15)20(8-10-21)9-11-22/h1-7,19,21-23H,8-12,18H2. The van der Waals surface area contributed by atoms with Gasteiger partial charge in [0.25, 0.3) is 0 Å². The van der Waals surface area contributed by atoms with Gasteiger partial charge in [-0.1, -0.05) is 18.2 Å². The van der Waals surface area contributed by atoms with E-state index in [1.54, 1.807) is 18.2 Å². The summed E-state index contributed by atoms with van der Waals surface area (Å²) in [5, 5.41) is 31.6. The van der Waals surface area contributed by atoms with Crippen molar-refractivity contribution in [3.8, 4) is 5.75 Å². The second kappa shape index (κ2) is 8.26. The Morgan fingerprint density at radius 1 is 0.957 bits per heavy atom. The molecule has 2 aromatic carbocycles. The molecule has 0 unspecified atom stereocenters. The lowest BCUT2D eigenvalue weighted by atomic mass is 10.1. The predicted octanol–water partition coefficient (Wildman–Crippen LogP) is 1.38. The Hall–Kier alpha value is -2.44. The fourth-order valence-corrected chi connectivity index (χ4v) is 2.46. The minimum Gasteiger partial charge on any atom is -0.508 e. The molecule has 0 radical (unpaired) electrons. The van der Waals surface area contributed by atoms with Gasteiger partial charge >= 0.3 is 0 Å². The Morgan fingerprint density at radius 2 is 1.65 bits per heavy atom. The number of aliphatic hydroxyl groups excluding tert-OH is 2. The van der Waals surface area contributed by atoms with Gasteiger partial charge in [-0.15, -0.1) is 0 Å². The van der Waals surface area contributed by atoms with Gasteiger partial charge in [0.15, 0.2) is 0 Å². The number of phenolic OH excluding ortho intramolecular Hbond substituents is 1. The number of nitrogen functional groups attached to an aromatic ring is 1. The molecule has 0 aliphatic heterocycles. The van der Waals surface area contributed by atoms with Crippen molar-refractivity contribution in [3.05, 3.63) is 48.0 Å². The molecular formula is C17H23N3O3. The molecule has 0 saturated heterocycles. The first kappa shape index (κ1) is 16.9. The molecule has 0 aliphatic rings. The Bertz CT molecular complexity index is 608. The number of para-hydroxylation sites is 2. The summed E-state index contributed by atoms with van der Waals surface area (Å²) in [4.78, 5) is 1.90. The lowest BCUT2D eigenvalue weighted by molar-refractivity contribution is 0.281. The third kappa shape index (κ3) is 4.28. The molecule has 0 heterocycles. The molecule has 0 bridgehead atoms. The fourth-order valence-electron chi connectivity index (χ4n) is 2.46. The van der Waals surface area contributed by atoms with Gasteiger partial charge in [0, 0.05) is 30.9 Å². The molecule has 2 aromatic rings. The number of nitrogens with two attached hydrogens (primary N) is 1. The summed E-state index contributed by atoms with van der Waals surface area (Å²) in [5.74, 6) is 0.151. The molecule has 2 rings (SSSR count). The van der Waals surface area contributed by atoms with Gasteiger partial charge in [-0.2, -0.15) is 0 Å². The maximum atomic E-state index is 9.92. The van der Waals surface area contributed by atoms with Gasteiger partial charge in [-0.05, 0) is 24.3 Å². The van der Waals surface area contributed by atoms with Crippen molar-refractivity contribution in [1.82, 2.24) is 0 Å². The maximum absolute atomic E-state index is 9.92. The number of nitrogens with zero attached hydrogens (tertiary/aromatic N) is 1. The molecule has 0 spiro atoms. The quantitative estimate of drug-likeness (QED) is 0.471. The molecule has 23 heavy (non-hydrogen) atoms. The summed E-state index contributed by atoms with van der Waals surface area (Å²) in [7, 11) is 0. The molecule has 0 amide bonds. The van der Waals surface area contributed by atoms with Crippen molar-refractivity contribution in [1.29, 1.82) is 0 Å². The molecule has 0 fully saturated rings. The number of nitrogens with one attached hydrogen (secondary N) is 1. The number of benzene rings is 2. The van der Waals surface area contributed by atoms with E-state index in [1.165, 1.54) is 0 Å². The van der Waals surface area contributed by atoms with Gasteiger partial charge in [-0.25, -0.2) is 0 Å². The van der Waals surface area contributed by atoms with E-state index in [4.69, 9.17) is 5.73 Å². The highest BCUT2D eigenvalue weighted by Gasteiger charge is 2.11. The van der Waals surface area contributed by atoms with E-state index in [0.29, 0.717) is 30.9 Å². The van der Waals surface area contributed by atoms with Crippen molar-refractivity contribution in [3.63, 3.8) is 0 Å². The SMILES string of the molecule is Nc1cccc(O)c1CNc1ccccc1N(CCO)CCO. The van der Waals surface area contributed by atoms with Gasteiger partial charge in [0.05, 0.1) is 24.6 Å². The van der Waals surface area contributed by atoms with Crippen LogP contribution >= 0.6 is 0 Å². The van der Waals surface area contributed by atoms with E-state index >= 15 is 0 Å². The van der Waals surface area contributed by atoms with Crippen LogP contribution in [0.2, 0.25) is 0 Å². The van der Waals surface area contributed by atoms with Gasteiger partial charge in [0.1, 0.15) is 5.75 Å². The number of hydrogen-bond donors (Lipinski definition) is 5. The fraction of sp³-hybridized carbons (Fsp3) is 0.294. The van der Waals surface area contributed by atoms with E-state index in [1.807, 2.05) is 29.2 Å². The van der Waals surface area contributed by atoms with Gasteiger partial charge in [-0.3, -0.25) is 0 Å². The second-order valence-corrected chi connectivity index (χ2v) is 5.15. The van der Waals surface area contributed by atoms with Crippen molar-refractivity contribution in [2.45, 2.75) is 6.54 Å². The van der Waals surface area contributed by atoms with Crippen molar-refractivity contribution >= 4 is 17.1 Å². The second-order valence-electron chi connectivity index (χ2n) is 5.15. The van der Waals surface area contributed by atoms with Crippen molar-refractivity contribution in [2.75, 3.05) is 42.3 Å². The van der Waals surface area contributed by atoms with Crippen LogP contribution in [0.5, 0.6) is 5.75 Å². The van der Waals surface area contributed by atoms with Crippen LogP contribution in [0.3, 0.4) is 0 Å². The normalized spacial score (nSPS) is 10.5.